The number of fused-ring (bicyclic) bond motifs is 4. The van der Waals surface area contributed by atoms with Crippen LogP contribution in [0.15, 0.2) is 59.2 Å². The fourth-order valence-corrected chi connectivity index (χ4v) is 12.4. The zero-order valence-electron chi connectivity index (χ0n) is 30.1. The zero-order chi connectivity index (χ0) is 35.7. The molecule has 1 aromatic carbocycles. The molecule has 5 aliphatic rings. The number of carboxylic acid groups (broad SMARTS) is 1. The molecule has 1 aromatic rings. The number of aliphatic hydroxyl groups is 3. The Morgan fingerprint density at radius 3 is 2.33 bits per heavy atom. The van der Waals surface area contributed by atoms with Gasteiger partial charge in [0, 0.05) is 46.2 Å². The van der Waals surface area contributed by atoms with Crippen LogP contribution in [-0.2, 0) is 14.4 Å². The van der Waals surface area contributed by atoms with Crippen LogP contribution >= 0.6 is 0 Å². The molecule has 5 aliphatic carbocycles. The molecule has 6 rings (SSSR count). The van der Waals surface area contributed by atoms with Crippen molar-refractivity contribution in [2.24, 2.45) is 51.2 Å². The summed E-state index contributed by atoms with van der Waals surface area (Å²) >= 11 is 0. The van der Waals surface area contributed by atoms with E-state index in [1.807, 2.05) is 50.3 Å². The molecule has 10 unspecified atom stereocenters. The summed E-state index contributed by atoms with van der Waals surface area (Å²) < 4.78 is 0. The van der Waals surface area contributed by atoms with E-state index in [1.165, 1.54) is 13.0 Å². The SMILES string of the molecule is CC(=CC(O)CC(C)C1CC(O)C2(C)C3=C(C(=O)CC12C1CCCC1)C1(C)CCC(=O)C(C)(C)C1C(C=Cc1ccccc1)C3O)C(=O)O. The Hall–Kier alpha value is -2.87. The molecule has 0 saturated heterocycles. The first-order chi connectivity index (χ1) is 23.0. The number of Topliss-reactive ketones (excluding diaryl/α,β-unsaturated/α-hetero) is 2. The van der Waals surface area contributed by atoms with Crippen molar-refractivity contribution in [2.75, 3.05) is 0 Å². The van der Waals surface area contributed by atoms with Crippen molar-refractivity contribution in [3.8, 4) is 0 Å². The number of aliphatic carboxylic acids is 1. The van der Waals surface area contributed by atoms with Gasteiger partial charge in [0.15, 0.2) is 5.78 Å². The molecule has 7 nitrogen and oxygen atoms in total. The van der Waals surface area contributed by atoms with Crippen LogP contribution in [0.5, 0.6) is 0 Å². The summed E-state index contributed by atoms with van der Waals surface area (Å²) in [4.78, 5) is 40.2. The van der Waals surface area contributed by atoms with Gasteiger partial charge in [-0.25, -0.2) is 4.79 Å². The summed E-state index contributed by atoms with van der Waals surface area (Å²) in [6.07, 6.45) is 8.50. The van der Waals surface area contributed by atoms with E-state index in [4.69, 9.17) is 0 Å². The molecule has 266 valence electrons. The molecule has 0 aromatic heterocycles. The molecule has 3 fully saturated rings. The van der Waals surface area contributed by atoms with E-state index in [2.05, 4.69) is 26.8 Å². The number of benzene rings is 1. The summed E-state index contributed by atoms with van der Waals surface area (Å²) in [5.41, 5.74) is -0.573. The second-order valence-electron chi connectivity index (χ2n) is 17.2. The van der Waals surface area contributed by atoms with Crippen molar-refractivity contribution in [3.05, 3.63) is 64.8 Å². The third-order valence-corrected chi connectivity index (χ3v) is 14.5. The predicted molar refractivity (Wildman–Crippen MR) is 189 cm³/mol. The molecule has 0 bridgehead atoms. The Labute approximate surface area is 291 Å². The molecule has 0 amide bonds. The van der Waals surface area contributed by atoms with Crippen LogP contribution in [0.25, 0.3) is 6.08 Å². The maximum Gasteiger partial charge on any atom is 0.331 e. The number of carbonyl (C=O) groups excluding carboxylic acids is 2. The van der Waals surface area contributed by atoms with Gasteiger partial charge in [-0.3, -0.25) is 9.59 Å². The quantitative estimate of drug-likeness (QED) is 0.220. The third kappa shape index (κ3) is 5.36. The first kappa shape index (κ1) is 35.9. The smallest absolute Gasteiger partial charge is 0.331 e. The maximum absolute atomic E-state index is 15.1. The minimum atomic E-state index is -1.07. The summed E-state index contributed by atoms with van der Waals surface area (Å²) in [5, 5.41) is 45.8. The van der Waals surface area contributed by atoms with Gasteiger partial charge < -0.3 is 20.4 Å². The largest absolute Gasteiger partial charge is 0.478 e. The normalized spacial score (nSPS) is 39.1. The highest BCUT2D eigenvalue weighted by molar-refractivity contribution is 6.01. The average molecular weight is 673 g/mol. The van der Waals surface area contributed by atoms with Crippen LogP contribution < -0.4 is 0 Å². The van der Waals surface area contributed by atoms with E-state index in [0.717, 1.165) is 31.2 Å². The van der Waals surface area contributed by atoms with Gasteiger partial charge in [-0.2, -0.15) is 0 Å². The molecule has 0 spiro atoms. The fraction of sp³-hybridized carbons (Fsp3) is 0.643. The molecular weight excluding hydrogens is 616 g/mol. The minimum Gasteiger partial charge on any atom is -0.478 e. The van der Waals surface area contributed by atoms with E-state index in [0.29, 0.717) is 36.8 Å². The van der Waals surface area contributed by atoms with Gasteiger partial charge in [0.1, 0.15) is 5.78 Å². The highest BCUT2D eigenvalue weighted by Crippen LogP contribution is 2.75. The lowest BCUT2D eigenvalue weighted by molar-refractivity contribution is -0.154. The predicted octanol–water partition coefficient (Wildman–Crippen LogP) is 6.95. The molecule has 4 N–H and O–H groups in total. The molecular formula is C42H56O7. The highest BCUT2D eigenvalue weighted by atomic mass is 16.4. The van der Waals surface area contributed by atoms with Crippen LogP contribution in [-0.4, -0.2) is 56.3 Å². The lowest BCUT2D eigenvalue weighted by atomic mass is 9.38. The lowest BCUT2D eigenvalue weighted by Gasteiger charge is -2.64. The first-order valence-electron chi connectivity index (χ1n) is 18.5. The molecule has 0 radical (unpaired) electrons. The summed E-state index contributed by atoms with van der Waals surface area (Å²) in [5.74, 6) is -1.73. The summed E-state index contributed by atoms with van der Waals surface area (Å²) in [7, 11) is 0. The topological polar surface area (TPSA) is 132 Å². The fourth-order valence-electron chi connectivity index (χ4n) is 12.4. The van der Waals surface area contributed by atoms with Crippen molar-refractivity contribution < 1.29 is 34.8 Å². The molecule has 10 atom stereocenters. The Balaban J connectivity index is 1.53. The van der Waals surface area contributed by atoms with E-state index in [9.17, 15) is 30.0 Å². The number of hydrogen-bond donors (Lipinski definition) is 4. The second kappa shape index (κ2) is 12.7. The Bertz CT molecular complexity index is 1580. The van der Waals surface area contributed by atoms with Crippen molar-refractivity contribution >= 4 is 23.6 Å². The Kier molecular flexibility index (Phi) is 9.33. The standard InChI is InChI=1S/C42H56O7/c1-24(20-28(43)21-25(2)38(48)49)30-22-33(46)41(6)35-34(31(44)23-42(30,41)27-14-10-11-15-27)40(5)19-18-32(45)39(3,4)37(40)29(36(35)47)17-16-26-12-8-7-9-13-26/h7-9,12-13,16-17,21,24,27-30,33,36-37,43,46-47H,10-11,14-15,18-20,22-23H2,1-6H3,(H,48,49). The van der Waals surface area contributed by atoms with Crippen LogP contribution in [0.3, 0.4) is 0 Å². The van der Waals surface area contributed by atoms with E-state index in [1.54, 1.807) is 0 Å². The lowest BCUT2D eigenvalue weighted by Crippen LogP contribution is -2.64. The molecule has 0 aliphatic heterocycles. The number of carboxylic acids is 1. The molecule has 0 heterocycles. The van der Waals surface area contributed by atoms with E-state index >= 15 is 4.79 Å². The monoisotopic (exact) mass is 672 g/mol. The second-order valence-corrected chi connectivity index (χ2v) is 17.2. The van der Waals surface area contributed by atoms with Crippen molar-refractivity contribution in [3.63, 3.8) is 0 Å². The zero-order valence-corrected chi connectivity index (χ0v) is 30.1. The minimum absolute atomic E-state index is 0.0371. The van der Waals surface area contributed by atoms with E-state index < -0.39 is 51.9 Å². The molecule has 7 heteroatoms. The maximum atomic E-state index is 15.1. The number of ketones is 2. The number of hydrogen-bond acceptors (Lipinski definition) is 6. The van der Waals surface area contributed by atoms with Gasteiger partial charge in [0.05, 0.1) is 18.3 Å². The molecule has 49 heavy (non-hydrogen) atoms. The average Bonchev–Trinajstić information content (AvgIpc) is 3.66. The van der Waals surface area contributed by atoms with Crippen LogP contribution in [0, 0.1) is 51.2 Å². The van der Waals surface area contributed by atoms with Gasteiger partial charge in [0.25, 0.3) is 0 Å². The van der Waals surface area contributed by atoms with Crippen LogP contribution in [0.4, 0.5) is 0 Å². The van der Waals surface area contributed by atoms with Gasteiger partial charge >= 0.3 is 5.97 Å². The van der Waals surface area contributed by atoms with Crippen LogP contribution in [0.2, 0.25) is 0 Å². The van der Waals surface area contributed by atoms with E-state index in [-0.39, 0.29) is 47.2 Å². The van der Waals surface area contributed by atoms with Crippen molar-refractivity contribution in [1.29, 1.82) is 0 Å². The van der Waals surface area contributed by atoms with Gasteiger partial charge in [-0.1, -0.05) is 89.9 Å². The van der Waals surface area contributed by atoms with Crippen molar-refractivity contribution in [2.45, 2.75) is 118 Å². The first-order valence-corrected chi connectivity index (χ1v) is 18.5. The highest BCUT2D eigenvalue weighted by Gasteiger charge is 2.74. The number of rotatable bonds is 8. The Morgan fingerprint density at radius 1 is 1.04 bits per heavy atom. The summed E-state index contributed by atoms with van der Waals surface area (Å²) in [6.45, 7) is 11.7. The Morgan fingerprint density at radius 2 is 1.69 bits per heavy atom. The molecule has 3 saturated carbocycles. The van der Waals surface area contributed by atoms with Gasteiger partial charge in [0.2, 0.25) is 0 Å². The van der Waals surface area contributed by atoms with Gasteiger partial charge in [-0.15, -0.1) is 0 Å². The number of allylic oxidation sites excluding steroid dienone is 1. The summed E-state index contributed by atoms with van der Waals surface area (Å²) in [6, 6.07) is 9.93. The van der Waals surface area contributed by atoms with Gasteiger partial charge in [-0.05, 0) is 85.3 Å². The third-order valence-electron chi connectivity index (χ3n) is 14.5. The van der Waals surface area contributed by atoms with Crippen molar-refractivity contribution in [1.82, 2.24) is 0 Å². The van der Waals surface area contributed by atoms with Crippen LogP contribution in [0.1, 0.15) is 105 Å². The number of aliphatic hydroxyl groups excluding tert-OH is 3. The number of carbonyl (C=O) groups is 3.